The van der Waals surface area contributed by atoms with Gasteiger partial charge in [0.15, 0.2) is 0 Å². The standard InChI is InChI=1S/C24H29N3O3S/c1-19-11-13-21(14-12-19)27(23-10-3-2-4-15-25-23)24(28)20-8-7-9-22(18-20)31(29,30)26-16-5-6-17-26/h7-9,11-14,18H,2-6,10,15-17H2,1H3. The Hall–Kier alpha value is -2.51. The van der Waals surface area contributed by atoms with Crippen LogP contribution in [-0.4, -0.2) is 44.1 Å². The number of anilines is 1. The lowest BCUT2D eigenvalue weighted by Gasteiger charge is -2.25. The Labute approximate surface area is 184 Å². The van der Waals surface area contributed by atoms with Gasteiger partial charge in [0.25, 0.3) is 5.91 Å². The molecule has 7 heteroatoms. The second-order valence-electron chi connectivity index (χ2n) is 8.22. The number of hydrogen-bond donors (Lipinski definition) is 0. The molecule has 0 bridgehead atoms. The largest absolute Gasteiger partial charge is 0.272 e. The van der Waals surface area contributed by atoms with Gasteiger partial charge in [0.1, 0.15) is 5.84 Å². The summed E-state index contributed by atoms with van der Waals surface area (Å²) in [6.07, 6.45) is 5.57. The van der Waals surface area contributed by atoms with Gasteiger partial charge in [-0.2, -0.15) is 4.31 Å². The van der Waals surface area contributed by atoms with Crippen LogP contribution in [0.15, 0.2) is 58.4 Å². The van der Waals surface area contributed by atoms with Crippen LogP contribution in [0.1, 0.15) is 54.4 Å². The molecule has 1 amide bonds. The summed E-state index contributed by atoms with van der Waals surface area (Å²) in [5, 5.41) is 0. The molecule has 0 aromatic heterocycles. The number of carbonyl (C=O) groups excluding carboxylic acids is 1. The summed E-state index contributed by atoms with van der Waals surface area (Å²) >= 11 is 0. The van der Waals surface area contributed by atoms with Gasteiger partial charge in [-0.05, 0) is 62.9 Å². The first-order valence-electron chi connectivity index (χ1n) is 11.0. The Kier molecular flexibility index (Phi) is 6.53. The lowest BCUT2D eigenvalue weighted by Crippen LogP contribution is -2.37. The van der Waals surface area contributed by atoms with Crippen LogP contribution in [0.25, 0.3) is 0 Å². The van der Waals surface area contributed by atoms with Crippen molar-refractivity contribution in [2.75, 3.05) is 24.5 Å². The van der Waals surface area contributed by atoms with Crippen molar-refractivity contribution in [3.63, 3.8) is 0 Å². The van der Waals surface area contributed by atoms with Gasteiger partial charge in [-0.1, -0.05) is 30.2 Å². The van der Waals surface area contributed by atoms with Gasteiger partial charge in [0.05, 0.1) is 10.6 Å². The van der Waals surface area contributed by atoms with Crippen molar-refractivity contribution in [3.05, 3.63) is 59.7 Å². The quantitative estimate of drug-likeness (QED) is 0.709. The molecule has 2 aliphatic heterocycles. The summed E-state index contributed by atoms with van der Waals surface area (Å²) in [7, 11) is -3.59. The van der Waals surface area contributed by atoms with Gasteiger partial charge in [0, 0.05) is 31.6 Å². The molecule has 0 aliphatic carbocycles. The van der Waals surface area contributed by atoms with Crippen LogP contribution in [0.5, 0.6) is 0 Å². The summed E-state index contributed by atoms with van der Waals surface area (Å²) in [5.41, 5.74) is 2.22. The molecule has 1 fully saturated rings. The van der Waals surface area contributed by atoms with E-state index in [4.69, 9.17) is 4.99 Å². The highest BCUT2D eigenvalue weighted by Crippen LogP contribution is 2.25. The third kappa shape index (κ3) is 4.72. The maximum Gasteiger partial charge on any atom is 0.263 e. The molecule has 1 saturated heterocycles. The first-order valence-corrected chi connectivity index (χ1v) is 12.5. The lowest BCUT2D eigenvalue weighted by molar-refractivity contribution is 0.100. The highest BCUT2D eigenvalue weighted by Gasteiger charge is 2.29. The van der Waals surface area contributed by atoms with Crippen molar-refractivity contribution < 1.29 is 13.2 Å². The highest BCUT2D eigenvalue weighted by atomic mass is 32.2. The second kappa shape index (κ2) is 9.32. The van der Waals surface area contributed by atoms with E-state index in [0.29, 0.717) is 25.2 Å². The number of sulfonamides is 1. The molecule has 2 aromatic carbocycles. The van der Waals surface area contributed by atoms with E-state index < -0.39 is 10.0 Å². The van der Waals surface area contributed by atoms with Crippen LogP contribution in [-0.2, 0) is 10.0 Å². The summed E-state index contributed by atoms with van der Waals surface area (Å²) in [6.45, 7) is 3.78. The van der Waals surface area contributed by atoms with E-state index in [0.717, 1.165) is 55.6 Å². The molecule has 164 valence electrons. The maximum absolute atomic E-state index is 13.7. The minimum Gasteiger partial charge on any atom is -0.272 e. The predicted molar refractivity (Wildman–Crippen MR) is 123 cm³/mol. The Bertz CT molecular complexity index is 1070. The minimum absolute atomic E-state index is 0.173. The van der Waals surface area contributed by atoms with Gasteiger partial charge in [-0.15, -0.1) is 0 Å². The molecule has 0 N–H and O–H groups in total. The van der Waals surface area contributed by atoms with E-state index in [9.17, 15) is 13.2 Å². The third-order valence-electron chi connectivity index (χ3n) is 5.89. The third-order valence-corrected chi connectivity index (χ3v) is 7.78. The number of benzene rings is 2. The average Bonchev–Trinajstić information content (AvgIpc) is 3.21. The summed E-state index contributed by atoms with van der Waals surface area (Å²) in [4.78, 5) is 20.2. The molecule has 0 unspecified atom stereocenters. The van der Waals surface area contributed by atoms with Crippen LogP contribution >= 0.6 is 0 Å². The molecule has 6 nitrogen and oxygen atoms in total. The van der Waals surface area contributed by atoms with E-state index in [1.165, 1.54) is 10.4 Å². The van der Waals surface area contributed by atoms with Gasteiger partial charge in [-0.25, -0.2) is 8.42 Å². The summed E-state index contributed by atoms with van der Waals surface area (Å²) < 4.78 is 27.5. The fraction of sp³-hybridized carbons (Fsp3) is 0.417. The van der Waals surface area contributed by atoms with Gasteiger partial charge in [0.2, 0.25) is 10.0 Å². The fourth-order valence-corrected chi connectivity index (χ4v) is 5.68. The van der Waals surface area contributed by atoms with E-state index >= 15 is 0 Å². The van der Waals surface area contributed by atoms with Gasteiger partial charge < -0.3 is 0 Å². The second-order valence-corrected chi connectivity index (χ2v) is 10.2. The normalized spacial score (nSPS) is 17.8. The lowest BCUT2D eigenvalue weighted by atomic mass is 10.1. The van der Waals surface area contributed by atoms with Crippen LogP contribution in [0.3, 0.4) is 0 Å². The number of carbonyl (C=O) groups is 1. The Balaban J connectivity index is 1.71. The van der Waals surface area contributed by atoms with Crippen LogP contribution < -0.4 is 4.90 Å². The molecule has 2 aromatic rings. The number of nitrogens with zero attached hydrogens (tertiary/aromatic N) is 3. The van der Waals surface area contributed by atoms with Crippen LogP contribution in [0.4, 0.5) is 5.69 Å². The van der Waals surface area contributed by atoms with Gasteiger partial charge >= 0.3 is 0 Å². The molecule has 0 saturated carbocycles. The number of rotatable bonds is 4. The fourth-order valence-electron chi connectivity index (χ4n) is 4.11. The number of hydrogen-bond acceptors (Lipinski definition) is 4. The topological polar surface area (TPSA) is 70.1 Å². The van der Waals surface area contributed by atoms with Crippen LogP contribution in [0, 0.1) is 6.92 Å². The van der Waals surface area contributed by atoms with E-state index in [-0.39, 0.29) is 10.8 Å². The summed E-state index contributed by atoms with van der Waals surface area (Å²) in [5.74, 6) is 0.502. The SMILES string of the molecule is Cc1ccc(N(C(=O)c2cccc(S(=O)(=O)N3CCCC3)c2)C2=NCCCCC2)cc1. The molecule has 31 heavy (non-hydrogen) atoms. The van der Waals surface area contributed by atoms with E-state index in [1.54, 1.807) is 23.1 Å². The number of amides is 1. The molecule has 2 heterocycles. The average molecular weight is 440 g/mol. The molecule has 0 radical (unpaired) electrons. The number of amidine groups is 1. The van der Waals surface area contributed by atoms with Crippen LogP contribution in [0.2, 0.25) is 0 Å². The smallest absolute Gasteiger partial charge is 0.263 e. The summed E-state index contributed by atoms with van der Waals surface area (Å²) in [6, 6.07) is 14.2. The molecular formula is C24H29N3O3S. The molecule has 0 spiro atoms. The van der Waals surface area contributed by atoms with E-state index in [1.807, 2.05) is 31.2 Å². The minimum atomic E-state index is -3.59. The van der Waals surface area contributed by atoms with Crippen molar-refractivity contribution in [3.8, 4) is 0 Å². The first kappa shape index (κ1) is 21.7. The highest BCUT2D eigenvalue weighted by molar-refractivity contribution is 7.89. The predicted octanol–water partition coefficient (Wildman–Crippen LogP) is 4.40. The number of aryl methyl sites for hydroxylation is 1. The zero-order chi connectivity index (χ0) is 21.8. The Morgan fingerprint density at radius 2 is 1.71 bits per heavy atom. The van der Waals surface area contributed by atoms with Crippen molar-refractivity contribution >= 4 is 27.5 Å². The zero-order valence-corrected chi connectivity index (χ0v) is 18.8. The van der Waals surface area contributed by atoms with Crippen molar-refractivity contribution in [1.82, 2.24) is 4.31 Å². The van der Waals surface area contributed by atoms with Crippen molar-refractivity contribution in [2.45, 2.75) is 50.3 Å². The first-order chi connectivity index (χ1) is 15.0. The molecule has 0 atom stereocenters. The Morgan fingerprint density at radius 3 is 2.45 bits per heavy atom. The van der Waals surface area contributed by atoms with Gasteiger partial charge in [-0.3, -0.25) is 14.7 Å². The monoisotopic (exact) mass is 439 g/mol. The molecular weight excluding hydrogens is 410 g/mol. The van der Waals surface area contributed by atoms with E-state index in [2.05, 4.69) is 0 Å². The Morgan fingerprint density at radius 1 is 0.968 bits per heavy atom. The zero-order valence-electron chi connectivity index (χ0n) is 18.0. The molecule has 2 aliphatic rings. The number of aliphatic imine (C=N–C) groups is 1. The van der Waals surface area contributed by atoms with Crippen molar-refractivity contribution in [2.24, 2.45) is 4.99 Å². The van der Waals surface area contributed by atoms with Crippen molar-refractivity contribution in [1.29, 1.82) is 0 Å². The molecule has 4 rings (SSSR count). The maximum atomic E-state index is 13.7.